The van der Waals surface area contributed by atoms with Crippen LogP contribution in [0.4, 0.5) is 5.82 Å². The number of carbonyl (C=O) groups is 1. The standard InChI is InChI=1S/C11H9ClN4O2S/c12-7-3-5(1-2-8(7)17)11(18)15-10-6(9(13)19)4-14-16-10/h1-4,17H,(H2,13,19)(H2,14,15,16,18). The van der Waals surface area contributed by atoms with Gasteiger partial charge in [0.25, 0.3) is 5.91 Å². The van der Waals surface area contributed by atoms with E-state index >= 15 is 0 Å². The van der Waals surface area contributed by atoms with Crippen LogP contribution in [0.25, 0.3) is 0 Å². The summed E-state index contributed by atoms with van der Waals surface area (Å²) in [6.07, 6.45) is 1.42. The number of phenols is 1. The number of carbonyl (C=O) groups excluding carboxylic acids is 1. The zero-order chi connectivity index (χ0) is 14.0. The van der Waals surface area contributed by atoms with E-state index in [1.165, 1.54) is 24.4 Å². The average molecular weight is 297 g/mol. The molecule has 0 unspecified atom stereocenters. The predicted octanol–water partition coefficient (Wildman–Crippen LogP) is 1.66. The third-order valence-corrected chi connectivity index (χ3v) is 2.88. The second-order valence-electron chi connectivity index (χ2n) is 3.64. The van der Waals surface area contributed by atoms with Crippen LogP contribution in [-0.2, 0) is 0 Å². The van der Waals surface area contributed by atoms with E-state index in [1.54, 1.807) is 0 Å². The molecule has 0 atom stereocenters. The van der Waals surface area contributed by atoms with Gasteiger partial charge in [0.1, 0.15) is 16.6 Å². The van der Waals surface area contributed by atoms with Gasteiger partial charge in [0, 0.05) is 5.56 Å². The number of phenolic OH excluding ortho intramolecular Hbond substituents is 1. The summed E-state index contributed by atoms with van der Waals surface area (Å²) in [6, 6.07) is 4.12. The number of aromatic hydroxyl groups is 1. The number of nitrogens with one attached hydrogen (secondary N) is 2. The summed E-state index contributed by atoms with van der Waals surface area (Å²) in [4.78, 5) is 12.1. The molecule has 8 heteroatoms. The molecule has 0 aliphatic rings. The Morgan fingerprint density at radius 3 is 2.89 bits per heavy atom. The normalized spacial score (nSPS) is 10.2. The molecule has 0 bridgehead atoms. The van der Waals surface area contributed by atoms with Crippen molar-refractivity contribution in [3.8, 4) is 5.75 Å². The monoisotopic (exact) mass is 296 g/mol. The zero-order valence-electron chi connectivity index (χ0n) is 9.48. The highest BCUT2D eigenvalue weighted by molar-refractivity contribution is 7.80. The summed E-state index contributed by atoms with van der Waals surface area (Å²) in [5, 5.41) is 18.3. The topological polar surface area (TPSA) is 104 Å². The molecule has 1 aromatic heterocycles. The van der Waals surface area contributed by atoms with Crippen LogP contribution >= 0.6 is 23.8 Å². The lowest BCUT2D eigenvalue weighted by Crippen LogP contribution is -2.17. The Labute approximate surface area is 118 Å². The summed E-state index contributed by atoms with van der Waals surface area (Å²) in [5.41, 5.74) is 6.21. The summed E-state index contributed by atoms with van der Waals surface area (Å²) in [7, 11) is 0. The first-order valence-electron chi connectivity index (χ1n) is 5.12. The van der Waals surface area contributed by atoms with Gasteiger partial charge >= 0.3 is 0 Å². The Morgan fingerprint density at radius 1 is 1.53 bits per heavy atom. The minimum atomic E-state index is -0.427. The number of halogens is 1. The number of aromatic nitrogens is 2. The van der Waals surface area contributed by atoms with E-state index in [0.29, 0.717) is 11.4 Å². The van der Waals surface area contributed by atoms with Gasteiger partial charge in [-0.15, -0.1) is 0 Å². The van der Waals surface area contributed by atoms with Crippen LogP contribution in [0.15, 0.2) is 24.4 Å². The lowest BCUT2D eigenvalue weighted by atomic mass is 10.2. The molecular formula is C11H9ClN4O2S. The molecule has 19 heavy (non-hydrogen) atoms. The number of rotatable bonds is 3. The number of benzene rings is 1. The number of nitrogens with two attached hydrogens (primary N) is 1. The molecule has 2 aromatic rings. The van der Waals surface area contributed by atoms with Crippen LogP contribution in [0.3, 0.4) is 0 Å². The van der Waals surface area contributed by atoms with Crippen molar-refractivity contribution in [1.82, 2.24) is 10.2 Å². The van der Waals surface area contributed by atoms with E-state index in [9.17, 15) is 9.90 Å². The summed E-state index contributed by atoms with van der Waals surface area (Å²) < 4.78 is 0. The number of H-pyrrole nitrogens is 1. The predicted molar refractivity (Wildman–Crippen MR) is 75.5 cm³/mol. The van der Waals surface area contributed by atoms with Crippen molar-refractivity contribution in [3.05, 3.63) is 40.5 Å². The van der Waals surface area contributed by atoms with Gasteiger partial charge in [-0.2, -0.15) is 5.10 Å². The van der Waals surface area contributed by atoms with Crippen molar-refractivity contribution >= 4 is 40.5 Å². The Morgan fingerprint density at radius 2 is 2.26 bits per heavy atom. The molecule has 6 nitrogen and oxygen atoms in total. The van der Waals surface area contributed by atoms with Gasteiger partial charge in [-0.1, -0.05) is 23.8 Å². The summed E-state index contributed by atoms with van der Waals surface area (Å²) in [6.45, 7) is 0. The van der Waals surface area contributed by atoms with Gasteiger partial charge in [-0.05, 0) is 18.2 Å². The van der Waals surface area contributed by atoms with Gasteiger partial charge in [-0.3, -0.25) is 9.89 Å². The lowest BCUT2D eigenvalue weighted by Gasteiger charge is -2.06. The lowest BCUT2D eigenvalue weighted by molar-refractivity contribution is 0.102. The second kappa shape index (κ2) is 5.25. The molecular weight excluding hydrogens is 288 g/mol. The van der Waals surface area contributed by atoms with E-state index in [2.05, 4.69) is 15.5 Å². The third-order valence-electron chi connectivity index (χ3n) is 2.35. The molecule has 0 saturated heterocycles. The van der Waals surface area contributed by atoms with Gasteiger partial charge in [0.2, 0.25) is 0 Å². The van der Waals surface area contributed by atoms with Crippen molar-refractivity contribution in [2.45, 2.75) is 0 Å². The Kier molecular flexibility index (Phi) is 3.68. The van der Waals surface area contributed by atoms with Crippen molar-refractivity contribution < 1.29 is 9.90 Å². The molecule has 0 spiro atoms. The van der Waals surface area contributed by atoms with E-state index in [4.69, 9.17) is 29.6 Å². The quantitative estimate of drug-likeness (QED) is 0.645. The smallest absolute Gasteiger partial charge is 0.256 e. The Bertz CT molecular complexity index is 656. The van der Waals surface area contributed by atoms with Crippen LogP contribution in [0.1, 0.15) is 15.9 Å². The molecule has 0 saturated carbocycles. The largest absolute Gasteiger partial charge is 0.506 e. The molecule has 0 aliphatic carbocycles. The second-order valence-corrected chi connectivity index (χ2v) is 4.49. The fourth-order valence-electron chi connectivity index (χ4n) is 1.40. The fraction of sp³-hybridized carbons (Fsp3) is 0. The van der Waals surface area contributed by atoms with Gasteiger partial charge in [0.15, 0.2) is 0 Å². The number of nitrogens with zero attached hydrogens (tertiary/aromatic N) is 1. The first kappa shape index (κ1) is 13.3. The van der Waals surface area contributed by atoms with Gasteiger partial charge in [-0.25, -0.2) is 0 Å². The molecule has 1 aromatic carbocycles. The maximum atomic E-state index is 12.0. The minimum absolute atomic E-state index is 0.0897. The number of anilines is 1. The van der Waals surface area contributed by atoms with Crippen LogP contribution in [0.5, 0.6) is 5.75 Å². The first-order chi connectivity index (χ1) is 8.99. The number of hydrogen-bond acceptors (Lipinski definition) is 4. The van der Waals surface area contributed by atoms with Gasteiger partial charge in [0.05, 0.1) is 16.8 Å². The highest BCUT2D eigenvalue weighted by Gasteiger charge is 2.13. The molecule has 5 N–H and O–H groups in total. The maximum absolute atomic E-state index is 12.0. The van der Waals surface area contributed by atoms with Gasteiger partial charge < -0.3 is 16.2 Å². The summed E-state index contributed by atoms with van der Waals surface area (Å²) >= 11 is 10.6. The van der Waals surface area contributed by atoms with E-state index in [0.717, 1.165) is 0 Å². The van der Waals surface area contributed by atoms with Crippen LogP contribution < -0.4 is 11.1 Å². The van der Waals surface area contributed by atoms with Crippen LogP contribution in [0, 0.1) is 0 Å². The third kappa shape index (κ3) is 2.83. The van der Waals surface area contributed by atoms with Crippen molar-refractivity contribution in [1.29, 1.82) is 0 Å². The SMILES string of the molecule is NC(=S)c1cn[nH]c1NC(=O)c1ccc(O)c(Cl)c1. The fourth-order valence-corrected chi connectivity index (χ4v) is 1.74. The number of thiocarbonyl (C=S) groups is 1. The zero-order valence-corrected chi connectivity index (χ0v) is 11.0. The number of aromatic amines is 1. The van der Waals surface area contributed by atoms with Crippen LogP contribution in [-0.4, -0.2) is 26.2 Å². The molecule has 0 aliphatic heterocycles. The van der Waals surface area contributed by atoms with Crippen molar-refractivity contribution in [2.75, 3.05) is 5.32 Å². The number of amides is 1. The number of hydrogen-bond donors (Lipinski definition) is 4. The highest BCUT2D eigenvalue weighted by atomic mass is 35.5. The van der Waals surface area contributed by atoms with Crippen molar-refractivity contribution in [2.24, 2.45) is 5.73 Å². The Balaban J connectivity index is 2.23. The molecule has 0 fully saturated rings. The molecule has 1 amide bonds. The minimum Gasteiger partial charge on any atom is -0.506 e. The van der Waals surface area contributed by atoms with E-state index in [-0.39, 0.29) is 21.3 Å². The molecule has 0 radical (unpaired) electrons. The molecule has 98 valence electrons. The average Bonchev–Trinajstić information content (AvgIpc) is 2.80. The molecule has 1 heterocycles. The Hall–Kier alpha value is -2.12. The van der Waals surface area contributed by atoms with Crippen molar-refractivity contribution in [3.63, 3.8) is 0 Å². The van der Waals surface area contributed by atoms with E-state index < -0.39 is 5.91 Å². The summed E-state index contributed by atoms with van der Waals surface area (Å²) in [5.74, 6) is -0.214. The molecule has 2 rings (SSSR count). The van der Waals surface area contributed by atoms with E-state index in [1.807, 2.05) is 0 Å². The first-order valence-corrected chi connectivity index (χ1v) is 5.90. The van der Waals surface area contributed by atoms with Crippen LogP contribution in [0.2, 0.25) is 5.02 Å². The highest BCUT2D eigenvalue weighted by Crippen LogP contribution is 2.24. The maximum Gasteiger partial charge on any atom is 0.256 e.